The van der Waals surface area contributed by atoms with E-state index in [0.29, 0.717) is 5.02 Å². The van der Waals surface area contributed by atoms with Gasteiger partial charge >= 0.3 is 0 Å². The number of halogens is 1. The van der Waals surface area contributed by atoms with Gasteiger partial charge in [0.25, 0.3) is 0 Å². The predicted molar refractivity (Wildman–Crippen MR) is 94.7 cm³/mol. The Kier molecular flexibility index (Phi) is 3.33. The quantitative estimate of drug-likeness (QED) is 0.555. The maximum Gasteiger partial charge on any atom is 0.0734 e. The molecule has 2 aromatic heterocycles. The number of hydrogen-bond donors (Lipinski definition) is 2. The Morgan fingerprint density at radius 2 is 1.96 bits per heavy atom. The lowest BCUT2D eigenvalue weighted by molar-refractivity contribution is 0.283. The van der Waals surface area contributed by atoms with Gasteiger partial charge < -0.3 is 10.1 Å². The van der Waals surface area contributed by atoms with Crippen LogP contribution in [0.25, 0.3) is 33.1 Å². The van der Waals surface area contributed by atoms with E-state index < -0.39 is 0 Å². The first-order chi connectivity index (χ1) is 11.2. The van der Waals surface area contributed by atoms with Gasteiger partial charge in [-0.2, -0.15) is 0 Å². The summed E-state index contributed by atoms with van der Waals surface area (Å²) < 4.78 is 0. The summed E-state index contributed by atoms with van der Waals surface area (Å²) in [6.45, 7) is 2.03. The largest absolute Gasteiger partial charge is 0.392 e. The molecule has 114 valence electrons. The van der Waals surface area contributed by atoms with Gasteiger partial charge in [0.15, 0.2) is 0 Å². The van der Waals surface area contributed by atoms with Crippen LogP contribution in [0.4, 0.5) is 0 Å². The molecule has 0 amide bonds. The van der Waals surface area contributed by atoms with Gasteiger partial charge in [-0.25, -0.2) is 4.98 Å². The number of fused-ring (bicyclic) bond motifs is 2. The highest BCUT2D eigenvalue weighted by atomic mass is 35.5. The normalized spacial score (nSPS) is 11.4. The maximum absolute atomic E-state index is 9.73. The first-order valence-corrected chi connectivity index (χ1v) is 7.81. The molecule has 4 rings (SSSR count). The Labute approximate surface area is 138 Å². The summed E-state index contributed by atoms with van der Waals surface area (Å²) in [7, 11) is 0. The third-order valence-electron chi connectivity index (χ3n) is 4.14. The number of aliphatic hydroxyl groups is 1. The molecule has 0 saturated carbocycles. The minimum absolute atomic E-state index is 0.0479. The fraction of sp³-hybridized carbons (Fsp3) is 0.105. The fourth-order valence-corrected chi connectivity index (χ4v) is 3.16. The molecule has 0 aliphatic heterocycles. The molecule has 0 atom stereocenters. The van der Waals surface area contributed by atoms with Gasteiger partial charge in [0, 0.05) is 33.1 Å². The molecule has 0 radical (unpaired) electrons. The van der Waals surface area contributed by atoms with Gasteiger partial charge in [-0.15, -0.1) is 0 Å². The number of nitrogens with zero attached hydrogens (tertiary/aromatic N) is 1. The highest BCUT2D eigenvalue weighted by Crippen LogP contribution is 2.31. The van der Waals surface area contributed by atoms with Crippen molar-refractivity contribution in [2.24, 2.45) is 0 Å². The second-order valence-electron chi connectivity index (χ2n) is 5.74. The van der Waals surface area contributed by atoms with Crippen LogP contribution in [0.2, 0.25) is 5.02 Å². The van der Waals surface area contributed by atoms with Crippen LogP contribution < -0.4 is 0 Å². The third-order valence-corrected chi connectivity index (χ3v) is 4.38. The lowest BCUT2D eigenvalue weighted by atomic mass is 10.0. The van der Waals surface area contributed by atoms with Crippen molar-refractivity contribution in [2.45, 2.75) is 13.5 Å². The average molecular weight is 323 g/mol. The van der Waals surface area contributed by atoms with Crippen molar-refractivity contribution in [3.8, 4) is 11.3 Å². The second-order valence-corrected chi connectivity index (χ2v) is 6.17. The predicted octanol–water partition coefficient (Wildman–Crippen LogP) is 4.84. The second kappa shape index (κ2) is 5.37. The van der Waals surface area contributed by atoms with E-state index in [0.717, 1.165) is 38.6 Å². The summed E-state index contributed by atoms with van der Waals surface area (Å²) in [6.07, 6.45) is 1.97. The smallest absolute Gasteiger partial charge is 0.0734 e. The monoisotopic (exact) mass is 322 g/mol. The number of aliphatic hydroxyl groups excluding tert-OH is 1. The molecule has 0 spiro atoms. The van der Waals surface area contributed by atoms with Gasteiger partial charge in [0.05, 0.1) is 17.8 Å². The Hall–Kier alpha value is -2.36. The fourth-order valence-electron chi connectivity index (χ4n) is 2.98. The number of nitrogens with one attached hydrogen (secondary N) is 1. The van der Waals surface area contributed by atoms with Crippen molar-refractivity contribution >= 4 is 33.4 Å². The summed E-state index contributed by atoms with van der Waals surface area (Å²) >= 11 is 6.07. The van der Waals surface area contributed by atoms with Crippen LogP contribution in [0.1, 0.15) is 11.1 Å². The average Bonchev–Trinajstić information content (AvgIpc) is 2.97. The number of benzene rings is 2. The molecule has 0 aliphatic rings. The van der Waals surface area contributed by atoms with Crippen LogP contribution in [0.15, 0.2) is 48.7 Å². The summed E-state index contributed by atoms with van der Waals surface area (Å²) in [6, 6.07) is 13.8. The van der Waals surface area contributed by atoms with Crippen LogP contribution in [-0.4, -0.2) is 15.1 Å². The lowest BCUT2D eigenvalue weighted by Gasteiger charge is -2.08. The summed E-state index contributed by atoms with van der Waals surface area (Å²) in [5.41, 5.74) is 5.82. The zero-order valence-electron chi connectivity index (χ0n) is 12.6. The van der Waals surface area contributed by atoms with Crippen molar-refractivity contribution in [1.82, 2.24) is 9.97 Å². The van der Waals surface area contributed by atoms with Crippen molar-refractivity contribution in [1.29, 1.82) is 0 Å². The molecule has 4 heteroatoms. The number of H-pyrrole nitrogens is 1. The maximum atomic E-state index is 9.73. The molecule has 0 bridgehead atoms. The SMILES string of the molecule is Cc1ccc2[nH]cc(-c3cc(CO)c4cc(Cl)ccc4n3)c2c1. The third kappa shape index (κ3) is 2.38. The summed E-state index contributed by atoms with van der Waals surface area (Å²) in [4.78, 5) is 8.04. The molecular weight excluding hydrogens is 308 g/mol. The number of pyridine rings is 1. The van der Waals surface area contributed by atoms with Crippen LogP contribution in [0.5, 0.6) is 0 Å². The number of rotatable bonds is 2. The van der Waals surface area contributed by atoms with Crippen LogP contribution >= 0.6 is 11.6 Å². The first-order valence-electron chi connectivity index (χ1n) is 7.44. The van der Waals surface area contributed by atoms with Crippen molar-refractivity contribution in [3.05, 3.63) is 64.8 Å². The Balaban J connectivity index is 2.01. The number of hydrogen-bond acceptors (Lipinski definition) is 2. The molecule has 23 heavy (non-hydrogen) atoms. The lowest BCUT2D eigenvalue weighted by Crippen LogP contribution is -1.92. The van der Waals surface area contributed by atoms with Crippen LogP contribution in [0.3, 0.4) is 0 Å². The van der Waals surface area contributed by atoms with Gasteiger partial charge in [-0.05, 0) is 48.9 Å². The van der Waals surface area contributed by atoms with Gasteiger partial charge in [0.1, 0.15) is 0 Å². The van der Waals surface area contributed by atoms with E-state index in [1.807, 2.05) is 30.5 Å². The van der Waals surface area contributed by atoms with Crippen LogP contribution in [-0.2, 0) is 6.61 Å². The molecule has 0 saturated heterocycles. The Morgan fingerprint density at radius 1 is 1.09 bits per heavy atom. The zero-order chi connectivity index (χ0) is 16.0. The molecule has 3 nitrogen and oxygen atoms in total. The summed E-state index contributed by atoms with van der Waals surface area (Å²) in [5, 5.41) is 12.4. The number of aromatic nitrogens is 2. The molecule has 2 heterocycles. The topological polar surface area (TPSA) is 48.9 Å². The van der Waals surface area contributed by atoms with Gasteiger partial charge in [0.2, 0.25) is 0 Å². The standard InChI is InChI=1S/C19H15ClN2O/c1-11-2-4-17-15(6-11)16(9-21-17)19-7-12(10-23)14-8-13(20)3-5-18(14)22-19/h2-9,21,23H,10H2,1H3. The Bertz CT molecular complexity index is 1040. The van der Waals surface area contributed by atoms with Crippen molar-refractivity contribution in [3.63, 3.8) is 0 Å². The van der Waals surface area contributed by atoms with E-state index in [1.54, 1.807) is 0 Å². The van der Waals surface area contributed by atoms with Crippen molar-refractivity contribution < 1.29 is 5.11 Å². The first kappa shape index (κ1) is 14.2. The van der Waals surface area contributed by atoms with E-state index >= 15 is 0 Å². The molecule has 0 fully saturated rings. The molecule has 2 N–H and O–H groups in total. The summed E-state index contributed by atoms with van der Waals surface area (Å²) in [5.74, 6) is 0. The van der Waals surface area contributed by atoms with E-state index in [1.165, 1.54) is 5.56 Å². The molecule has 4 aromatic rings. The van der Waals surface area contributed by atoms with Crippen LogP contribution in [0, 0.1) is 6.92 Å². The molecular formula is C19H15ClN2O. The van der Waals surface area contributed by atoms with Gasteiger partial charge in [-0.1, -0.05) is 23.2 Å². The highest BCUT2D eigenvalue weighted by molar-refractivity contribution is 6.31. The minimum atomic E-state index is -0.0479. The van der Waals surface area contributed by atoms with Crippen molar-refractivity contribution in [2.75, 3.05) is 0 Å². The minimum Gasteiger partial charge on any atom is -0.392 e. The molecule has 0 aliphatic carbocycles. The van der Waals surface area contributed by atoms with E-state index in [2.05, 4.69) is 30.1 Å². The molecule has 0 unspecified atom stereocenters. The highest BCUT2D eigenvalue weighted by Gasteiger charge is 2.11. The Morgan fingerprint density at radius 3 is 2.78 bits per heavy atom. The van der Waals surface area contributed by atoms with E-state index in [-0.39, 0.29) is 6.61 Å². The van der Waals surface area contributed by atoms with E-state index in [4.69, 9.17) is 16.6 Å². The van der Waals surface area contributed by atoms with Gasteiger partial charge in [-0.3, -0.25) is 0 Å². The van der Waals surface area contributed by atoms with E-state index in [9.17, 15) is 5.11 Å². The number of aromatic amines is 1. The molecule has 2 aromatic carbocycles. The number of aryl methyl sites for hydroxylation is 1. The zero-order valence-corrected chi connectivity index (χ0v) is 13.4.